The van der Waals surface area contributed by atoms with E-state index in [1.807, 2.05) is 0 Å². The molecular formula is C33H24. The Labute approximate surface area is 194 Å². The van der Waals surface area contributed by atoms with Crippen molar-refractivity contribution in [1.29, 1.82) is 0 Å². The third-order valence-corrected chi connectivity index (χ3v) is 6.48. The van der Waals surface area contributed by atoms with E-state index in [2.05, 4.69) is 133 Å². The van der Waals surface area contributed by atoms with Crippen LogP contribution in [0, 0.1) is 0 Å². The fourth-order valence-electron chi connectivity index (χ4n) is 4.60. The Balaban J connectivity index is 1.20. The van der Waals surface area contributed by atoms with Crippen LogP contribution in [-0.4, -0.2) is 0 Å². The molecule has 0 fully saturated rings. The molecular weight excluding hydrogens is 396 g/mol. The fourth-order valence-corrected chi connectivity index (χ4v) is 4.60. The van der Waals surface area contributed by atoms with Crippen LogP contribution < -0.4 is 0 Å². The zero-order valence-corrected chi connectivity index (χ0v) is 18.4. The second-order valence-electron chi connectivity index (χ2n) is 8.69. The highest BCUT2D eigenvalue weighted by atomic mass is 14.1. The quantitative estimate of drug-likeness (QED) is 0.267. The van der Waals surface area contributed by atoms with Gasteiger partial charge in [0.25, 0.3) is 0 Å². The summed E-state index contributed by atoms with van der Waals surface area (Å²) < 4.78 is 0. The standard InChI is InChI=1S/C33H24/c1-3-7-30-22-32(19-17-26(30)5-1)28-13-9-24(10-14-28)21-25-11-15-29(16-12-25)33-20-18-27-6-2-4-8-31(27)23-33/h1-20,22-23H,21H2. The molecule has 0 atom stereocenters. The van der Waals surface area contributed by atoms with Gasteiger partial charge >= 0.3 is 0 Å². The van der Waals surface area contributed by atoms with E-state index in [0.717, 1.165) is 6.42 Å². The van der Waals surface area contributed by atoms with Crippen LogP contribution in [0.25, 0.3) is 43.8 Å². The van der Waals surface area contributed by atoms with E-state index in [1.54, 1.807) is 0 Å². The van der Waals surface area contributed by atoms with Crippen molar-refractivity contribution in [3.05, 3.63) is 145 Å². The molecule has 0 N–H and O–H groups in total. The molecule has 0 spiro atoms. The highest BCUT2D eigenvalue weighted by Gasteiger charge is 2.03. The van der Waals surface area contributed by atoms with Gasteiger partial charge in [-0.3, -0.25) is 0 Å². The summed E-state index contributed by atoms with van der Waals surface area (Å²) in [4.78, 5) is 0. The normalized spacial score (nSPS) is 11.2. The molecule has 0 unspecified atom stereocenters. The fraction of sp³-hybridized carbons (Fsp3) is 0.0303. The van der Waals surface area contributed by atoms with Gasteiger partial charge in [-0.1, -0.05) is 121 Å². The molecule has 0 aliphatic carbocycles. The summed E-state index contributed by atoms with van der Waals surface area (Å²) in [5, 5.41) is 5.13. The summed E-state index contributed by atoms with van der Waals surface area (Å²) in [6, 6.07) is 48.4. The minimum absolute atomic E-state index is 0.940. The van der Waals surface area contributed by atoms with Gasteiger partial charge in [0.15, 0.2) is 0 Å². The van der Waals surface area contributed by atoms with Crippen molar-refractivity contribution in [1.82, 2.24) is 0 Å². The Morgan fingerprint density at radius 1 is 0.303 bits per heavy atom. The molecule has 0 aliphatic heterocycles. The first-order chi connectivity index (χ1) is 16.3. The first-order valence-corrected chi connectivity index (χ1v) is 11.5. The average Bonchev–Trinajstić information content (AvgIpc) is 2.89. The van der Waals surface area contributed by atoms with Gasteiger partial charge in [0.1, 0.15) is 0 Å². The number of rotatable bonds is 4. The lowest BCUT2D eigenvalue weighted by Crippen LogP contribution is -1.89. The molecule has 0 aliphatic rings. The molecule has 0 nitrogen and oxygen atoms in total. The topological polar surface area (TPSA) is 0 Å². The lowest BCUT2D eigenvalue weighted by atomic mass is 9.97. The van der Waals surface area contributed by atoms with Crippen molar-refractivity contribution in [2.75, 3.05) is 0 Å². The first-order valence-electron chi connectivity index (χ1n) is 11.5. The van der Waals surface area contributed by atoms with Crippen LogP contribution >= 0.6 is 0 Å². The Morgan fingerprint density at radius 2 is 0.667 bits per heavy atom. The number of hydrogen-bond acceptors (Lipinski definition) is 0. The molecule has 33 heavy (non-hydrogen) atoms. The van der Waals surface area contributed by atoms with E-state index in [4.69, 9.17) is 0 Å². The third kappa shape index (κ3) is 4.04. The van der Waals surface area contributed by atoms with E-state index in [9.17, 15) is 0 Å². The Morgan fingerprint density at radius 3 is 1.09 bits per heavy atom. The molecule has 0 radical (unpaired) electrons. The van der Waals surface area contributed by atoms with Crippen molar-refractivity contribution in [3.63, 3.8) is 0 Å². The SMILES string of the molecule is c1ccc2cc(-c3ccc(Cc4ccc(-c5ccc6ccccc6c5)cc4)cc3)ccc2c1. The van der Waals surface area contributed by atoms with Gasteiger partial charge in [0.2, 0.25) is 0 Å². The van der Waals surface area contributed by atoms with Gasteiger partial charge in [-0.15, -0.1) is 0 Å². The molecule has 0 aromatic heterocycles. The largest absolute Gasteiger partial charge is 0.0616 e. The van der Waals surface area contributed by atoms with Gasteiger partial charge in [-0.05, 0) is 73.5 Å². The van der Waals surface area contributed by atoms with Gasteiger partial charge in [-0.2, -0.15) is 0 Å². The van der Waals surface area contributed by atoms with E-state index < -0.39 is 0 Å². The highest BCUT2D eigenvalue weighted by molar-refractivity contribution is 5.88. The van der Waals surface area contributed by atoms with Crippen LogP contribution in [0.15, 0.2) is 133 Å². The summed E-state index contributed by atoms with van der Waals surface area (Å²) in [5.74, 6) is 0. The van der Waals surface area contributed by atoms with Crippen LogP contribution in [0.4, 0.5) is 0 Å². The minimum Gasteiger partial charge on any atom is -0.0616 e. The van der Waals surface area contributed by atoms with E-state index in [1.165, 1.54) is 54.9 Å². The molecule has 0 saturated carbocycles. The van der Waals surface area contributed by atoms with Crippen LogP contribution in [-0.2, 0) is 6.42 Å². The van der Waals surface area contributed by atoms with Gasteiger partial charge < -0.3 is 0 Å². The molecule has 0 heteroatoms. The van der Waals surface area contributed by atoms with Crippen molar-refractivity contribution in [3.8, 4) is 22.3 Å². The Hall–Kier alpha value is -4.16. The summed E-state index contributed by atoms with van der Waals surface area (Å²) in [7, 11) is 0. The maximum absolute atomic E-state index is 2.27. The zero-order valence-electron chi connectivity index (χ0n) is 18.4. The maximum atomic E-state index is 2.27. The van der Waals surface area contributed by atoms with Crippen LogP contribution in [0.3, 0.4) is 0 Å². The number of fused-ring (bicyclic) bond motifs is 2. The lowest BCUT2D eigenvalue weighted by molar-refractivity contribution is 1.19. The molecule has 156 valence electrons. The van der Waals surface area contributed by atoms with Crippen molar-refractivity contribution in [2.24, 2.45) is 0 Å². The zero-order chi connectivity index (χ0) is 22.0. The van der Waals surface area contributed by atoms with Gasteiger partial charge in [0, 0.05) is 0 Å². The summed E-state index contributed by atoms with van der Waals surface area (Å²) in [5.41, 5.74) is 7.71. The third-order valence-electron chi connectivity index (χ3n) is 6.48. The Bertz CT molecular complexity index is 1430. The predicted molar refractivity (Wildman–Crippen MR) is 142 cm³/mol. The minimum atomic E-state index is 0.940. The lowest BCUT2D eigenvalue weighted by Gasteiger charge is -2.08. The molecule has 0 bridgehead atoms. The first kappa shape index (κ1) is 19.5. The highest BCUT2D eigenvalue weighted by Crippen LogP contribution is 2.27. The van der Waals surface area contributed by atoms with Crippen LogP contribution in [0.5, 0.6) is 0 Å². The molecule has 6 rings (SSSR count). The molecule has 0 amide bonds. The Kier molecular flexibility index (Phi) is 4.97. The van der Waals surface area contributed by atoms with Crippen LogP contribution in [0.1, 0.15) is 11.1 Å². The molecule has 6 aromatic rings. The maximum Gasteiger partial charge on any atom is -0.00258 e. The van der Waals surface area contributed by atoms with Crippen molar-refractivity contribution in [2.45, 2.75) is 6.42 Å². The van der Waals surface area contributed by atoms with E-state index in [-0.39, 0.29) is 0 Å². The van der Waals surface area contributed by atoms with Crippen molar-refractivity contribution < 1.29 is 0 Å². The predicted octanol–water partition coefficient (Wildman–Crippen LogP) is 8.92. The number of benzene rings is 6. The van der Waals surface area contributed by atoms with E-state index >= 15 is 0 Å². The molecule has 0 heterocycles. The molecule has 6 aromatic carbocycles. The van der Waals surface area contributed by atoms with E-state index in [0.29, 0.717) is 0 Å². The summed E-state index contributed by atoms with van der Waals surface area (Å²) >= 11 is 0. The van der Waals surface area contributed by atoms with Crippen molar-refractivity contribution >= 4 is 21.5 Å². The van der Waals surface area contributed by atoms with Gasteiger partial charge in [-0.25, -0.2) is 0 Å². The van der Waals surface area contributed by atoms with Crippen LogP contribution in [0.2, 0.25) is 0 Å². The molecule has 0 saturated heterocycles. The average molecular weight is 421 g/mol. The number of hydrogen-bond donors (Lipinski definition) is 0. The summed E-state index contributed by atoms with van der Waals surface area (Å²) in [6.45, 7) is 0. The smallest absolute Gasteiger partial charge is 0.00258 e. The van der Waals surface area contributed by atoms with Gasteiger partial charge in [0.05, 0.1) is 0 Å². The summed E-state index contributed by atoms with van der Waals surface area (Å²) in [6.07, 6.45) is 0.940. The second-order valence-corrected chi connectivity index (χ2v) is 8.69. The second kappa shape index (κ2) is 8.41. The monoisotopic (exact) mass is 420 g/mol.